The highest BCUT2D eigenvalue weighted by atomic mass is 32.2. The fraction of sp³-hybridized carbons (Fsp3) is 0.462. The summed E-state index contributed by atoms with van der Waals surface area (Å²) >= 11 is 1.87. The number of fused-ring (bicyclic) bond motifs is 1. The predicted molar refractivity (Wildman–Crippen MR) is 66.0 cm³/mol. The lowest BCUT2D eigenvalue weighted by Gasteiger charge is -2.19. The van der Waals surface area contributed by atoms with Crippen molar-refractivity contribution in [2.24, 2.45) is 5.41 Å². The van der Waals surface area contributed by atoms with Gasteiger partial charge in [0.2, 0.25) is 0 Å². The molecule has 0 saturated heterocycles. The Kier molecular flexibility index (Phi) is 2.98. The summed E-state index contributed by atoms with van der Waals surface area (Å²) in [6, 6.07) is 6.36. The lowest BCUT2D eigenvalue weighted by atomic mass is 9.86. The van der Waals surface area contributed by atoms with Crippen molar-refractivity contribution in [1.82, 2.24) is 0 Å². The molecule has 0 radical (unpaired) electrons. The molecule has 1 aliphatic heterocycles. The van der Waals surface area contributed by atoms with E-state index in [4.69, 9.17) is 5.11 Å². The molecule has 1 aromatic carbocycles. The zero-order valence-electron chi connectivity index (χ0n) is 9.62. The lowest BCUT2D eigenvalue weighted by Crippen LogP contribution is -2.26. The lowest BCUT2D eigenvalue weighted by molar-refractivity contribution is -0.146. The van der Waals surface area contributed by atoms with Crippen LogP contribution in [0.5, 0.6) is 0 Å². The van der Waals surface area contributed by atoms with Gasteiger partial charge in [-0.05, 0) is 43.9 Å². The Hall–Kier alpha value is -0.960. The number of carboxylic acid groups (broad SMARTS) is 1. The highest BCUT2D eigenvalue weighted by Crippen LogP contribution is 2.33. The Morgan fingerprint density at radius 2 is 2.25 bits per heavy atom. The molecule has 1 aromatic rings. The Labute approximate surface area is 100 Å². The van der Waals surface area contributed by atoms with Gasteiger partial charge in [0.1, 0.15) is 0 Å². The van der Waals surface area contributed by atoms with Crippen molar-refractivity contribution in [3.63, 3.8) is 0 Å². The third-order valence-electron chi connectivity index (χ3n) is 2.99. The summed E-state index contributed by atoms with van der Waals surface area (Å²) in [5.41, 5.74) is 1.85. The summed E-state index contributed by atoms with van der Waals surface area (Å²) in [7, 11) is 0. The van der Waals surface area contributed by atoms with Crippen molar-refractivity contribution in [3.05, 3.63) is 29.3 Å². The fourth-order valence-electron chi connectivity index (χ4n) is 1.91. The molecule has 2 rings (SSSR count). The Bertz CT molecular complexity index is 424. The first-order valence-corrected chi connectivity index (χ1v) is 6.45. The summed E-state index contributed by atoms with van der Waals surface area (Å²) < 4.78 is 0. The summed E-state index contributed by atoms with van der Waals surface area (Å²) in [6.45, 7) is 3.55. The fourth-order valence-corrected chi connectivity index (χ4v) is 3.04. The first kappa shape index (κ1) is 11.5. The molecule has 1 heterocycles. The van der Waals surface area contributed by atoms with E-state index in [0.29, 0.717) is 6.42 Å². The standard InChI is InChI=1S/C13H16O2S/c1-13(2,12(14)15)8-9-3-4-10-5-6-16-11(10)7-9/h3-4,7H,5-6,8H2,1-2H3,(H,14,15). The van der Waals surface area contributed by atoms with E-state index < -0.39 is 11.4 Å². The summed E-state index contributed by atoms with van der Waals surface area (Å²) in [5, 5.41) is 9.09. The van der Waals surface area contributed by atoms with E-state index in [2.05, 4.69) is 18.2 Å². The number of hydrogen-bond donors (Lipinski definition) is 1. The van der Waals surface area contributed by atoms with E-state index in [1.165, 1.54) is 10.5 Å². The second-order valence-electron chi connectivity index (χ2n) is 4.91. The summed E-state index contributed by atoms with van der Waals surface area (Å²) in [4.78, 5) is 12.4. The summed E-state index contributed by atoms with van der Waals surface area (Å²) in [6.07, 6.45) is 1.73. The molecule has 0 saturated carbocycles. The number of carbonyl (C=O) groups is 1. The zero-order valence-corrected chi connectivity index (χ0v) is 10.4. The first-order chi connectivity index (χ1) is 7.49. The molecule has 0 amide bonds. The van der Waals surface area contributed by atoms with E-state index in [0.717, 1.165) is 17.7 Å². The normalized spacial score (nSPS) is 14.9. The minimum atomic E-state index is -0.736. The van der Waals surface area contributed by atoms with Crippen LogP contribution in [-0.4, -0.2) is 16.8 Å². The van der Waals surface area contributed by atoms with Crippen molar-refractivity contribution in [3.8, 4) is 0 Å². The van der Waals surface area contributed by atoms with Crippen molar-refractivity contribution in [2.75, 3.05) is 5.75 Å². The number of hydrogen-bond acceptors (Lipinski definition) is 2. The Balaban J connectivity index is 2.20. The van der Waals surface area contributed by atoms with E-state index in [1.54, 1.807) is 13.8 Å². The van der Waals surface area contributed by atoms with Gasteiger partial charge in [-0.2, -0.15) is 0 Å². The van der Waals surface area contributed by atoms with Crippen molar-refractivity contribution >= 4 is 17.7 Å². The van der Waals surface area contributed by atoms with Gasteiger partial charge >= 0.3 is 5.97 Å². The highest BCUT2D eigenvalue weighted by Gasteiger charge is 2.27. The smallest absolute Gasteiger partial charge is 0.309 e. The first-order valence-electron chi connectivity index (χ1n) is 5.47. The van der Waals surface area contributed by atoms with Crippen molar-refractivity contribution < 1.29 is 9.90 Å². The monoisotopic (exact) mass is 236 g/mol. The van der Waals surface area contributed by atoms with Crippen molar-refractivity contribution in [2.45, 2.75) is 31.6 Å². The molecule has 86 valence electrons. The number of thioether (sulfide) groups is 1. The van der Waals surface area contributed by atoms with Crippen LogP contribution in [0.1, 0.15) is 25.0 Å². The second kappa shape index (κ2) is 4.13. The second-order valence-corrected chi connectivity index (χ2v) is 6.04. The van der Waals surface area contributed by atoms with Crippen LogP contribution in [0.15, 0.2) is 23.1 Å². The predicted octanol–water partition coefficient (Wildman–Crippen LogP) is 2.99. The van der Waals surface area contributed by atoms with Crippen LogP contribution in [-0.2, 0) is 17.6 Å². The van der Waals surface area contributed by atoms with Gasteiger partial charge in [0.05, 0.1) is 5.41 Å². The van der Waals surface area contributed by atoms with E-state index in [-0.39, 0.29) is 0 Å². The molecule has 0 aliphatic carbocycles. The SMILES string of the molecule is CC(C)(Cc1ccc2c(c1)SCC2)C(=O)O. The Morgan fingerprint density at radius 1 is 1.50 bits per heavy atom. The van der Waals surface area contributed by atoms with Gasteiger partial charge in [0.25, 0.3) is 0 Å². The maximum Gasteiger partial charge on any atom is 0.309 e. The van der Waals surface area contributed by atoms with E-state index in [1.807, 2.05) is 11.8 Å². The molecule has 0 spiro atoms. The number of rotatable bonds is 3. The average molecular weight is 236 g/mol. The van der Waals surface area contributed by atoms with Gasteiger partial charge in [-0.1, -0.05) is 12.1 Å². The van der Waals surface area contributed by atoms with Crippen LogP contribution < -0.4 is 0 Å². The molecule has 2 nitrogen and oxygen atoms in total. The van der Waals surface area contributed by atoms with Crippen LogP contribution in [0.4, 0.5) is 0 Å². The van der Waals surface area contributed by atoms with Gasteiger partial charge in [-0.25, -0.2) is 0 Å². The van der Waals surface area contributed by atoms with Crippen LogP contribution in [0, 0.1) is 5.41 Å². The quantitative estimate of drug-likeness (QED) is 0.876. The molecule has 16 heavy (non-hydrogen) atoms. The number of aliphatic carboxylic acids is 1. The van der Waals surface area contributed by atoms with Gasteiger partial charge in [0.15, 0.2) is 0 Å². The van der Waals surface area contributed by atoms with Crippen LogP contribution in [0.25, 0.3) is 0 Å². The zero-order chi connectivity index (χ0) is 11.8. The van der Waals surface area contributed by atoms with Crippen LogP contribution >= 0.6 is 11.8 Å². The van der Waals surface area contributed by atoms with Gasteiger partial charge in [-0.15, -0.1) is 11.8 Å². The molecular formula is C13H16O2S. The van der Waals surface area contributed by atoms with Crippen LogP contribution in [0.3, 0.4) is 0 Å². The molecule has 1 aliphatic rings. The minimum absolute atomic E-state index is 0.593. The van der Waals surface area contributed by atoms with Gasteiger partial charge in [0, 0.05) is 10.6 Å². The maximum absolute atomic E-state index is 11.1. The Morgan fingerprint density at radius 3 is 2.94 bits per heavy atom. The van der Waals surface area contributed by atoms with E-state index in [9.17, 15) is 4.79 Å². The third-order valence-corrected chi connectivity index (χ3v) is 4.08. The number of benzene rings is 1. The number of aryl methyl sites for hydroxylation is 1. The molecule has 0 unspecified atom stereocenters. The molecule has 0 atom stereocenters. The molecular weight excluding hydrogens is 220 g/mol. The third kappa shape index (κ3) is 2.24. The highest BCUT2D eigenvalue weighted by molar-refractivity contribution is 7.99. The van der Waals surface area contributed by atoms with Crippen LogP contribution in [0.2, 0.25) is 0 Å². The number of carboxylic acids is 1. The topological polar surface area (TPSA) is 37.3 Å². The molecule has 0 bridgehead atoms. The molecule has 0 aromatic heterocycles. The average Bonchev–Trinajstić information content (AvgIpc) is 2.63. The summed E-state index contributed by atoms with van der Waals surface area (Å²) in [5.74, 6) is 0.418. The molecule has 1 N–H and O–H groups in total. The minimum Gasteiger partial charge on any atom is -0.481 e. The maximum atomic E-state index is 11.1. The van der Waals surface area contributed by atoms with Gasteiger partial charge in [-0.3, -0.25) is 4.79 Å². The van der Waals surface area contributed by atoms with Gasteiger partial charge < -0.3 is 5.11 Å². The largest absolute Gasteiger partial charge is 0.481 e. The molecule has 0 fully saturated rings. The molecule has 3 heteroatoms. The van der Waals surface area contributed by atoms with E-state index >= 15 is 0 Å². The van der Waals surface area contributed by atoms with Crippen molar-refractivity contribution in [1.29, 1.82) is 0 Å².